The second kappa shape index (κ2) is 5.58. The van der Waals surface area contributed by atoms with E-state index in [1.165, 1.54) is 0 Å². The Morgan fingerprint density at radius 1 is 1.22 bits per heavy atom. The van der Waals surface area contributed by atoms with Crippen molar-refractivity contribution in [3.8, 4) is 0 Å². The van der Waals surface area contributed by atoms with Crippen LogP contribution < -0.4 is 11.1 Å². The zero-order valence-electron chi connectivity index (χ0n) is 9.28. The van der Waals surface area contributed by atoms with Gasteiger partial charge in [0.25, 0.3) is 5.91 Å². The summed E-state index contributed by atoms with van der Waals surface area (Å²) in [5.41, 5.74) is 7.30. The summed E-state index contributed by atoms with van der Waals surface area (Å²) < 4.78 is 1.00. The molecule has 0 spiro atoms. The number of amides is 1. The van der Waals surface area contributed by atoms with Crippen LogP contribution in [0.3, 0.4) is 0 Å². The van der Waals surface area contributed by atoms with E-state index in [0.29, 0.717) is 22.0 Å². The number of benzene rings is 2. The van der Waals surface area contributed by atoms with E-state index >= 15 is 0 Å². The Balaban J connectivity index is 2.21. The summed E-state index contributed by atoms with van der Waals surface area (Å²) in [6.07, 6.45) is 0. The summed E-state index contributed by atoms with van der Waals surface area (Å²) in [6.45, 7) is 0. The number of nitrogens with one attached hydrogen (secondary N) is 1. The molecule has 18 heavy (non-hydrogen) atoms. The number of nitrogen functional groups attached to an aromatic ring is 1. The van der Waals surface area contributed by atoms with E-state index in [0.717, 1.165) is 3.57 Å². The summed E-state index contributed by atoms with van der Waals surface area (Å²) in [5, 5.41) is 3.18. The van der Waals surface area contributed by atoms with Gasteiger partial charge in [-0.15, -0.1) is 0 Å². The van der Waals surface area contributed by atoms with E-state index in [-0.39, 0.29) is 5.91 Å². The Bertz CT molecular complexity index is 601. The highest BCUT2D eigenvalue weighted by atomic mass is 127. The number of carbonyl (C=O) groups is 1. The van der Waals surface area contributed by atoms with Gasteiger partial charge in [-0.2, -0.15) is 0 Å². The van der Waals surface area contributed by atoms with Crippen molar-refractivity contribution in [3.63, 3.8) is 0 Å². The first-order chi connectivity index (χ1) is 8.56. The quantitative estimate of drug-likeness (QED) is 0.623. The first-order valence-electron chi connectivity index (χ1n) is 5.18. The molecule has 0 aromatic heterocycles. The molecule has 0 unspecified atom stereocenters. The molecule has 0 fully saturated rings. The lowest BCUT2D eigenvalue weighted by Gasteiger charge is -2.08. The average molecular weight is 373 g/mol. The smallest absolute Gasteiger partial charge is 0.255 e. The van der Waals surface area contributed by atoms with E-state index in [1.54, 1.807) is 30.3 Å². The molecule has 0 bridgehead atoms. The molecule has 0 heterocycles. The first kappa shape index (κ1) is 13.2. The Morgan fingerprint density at radius 3 is 2.67 bits per heavy atom. The highest BCUT2D eigenvalue weighted by molar-refractivity contribution is 14.1. The van der Waals surface area contributed by atoms with Crippen LogP contribution in [0.15, 0.2) is 42.5 Å². The molecule has 3 N–H and O–H groups in total. The molecule has 1 amide bonds. The van der Waals surface area contributed by atoms with Crippen LogP contribution in [0, 0.1) is 3.57 Å². The molecule has 0 saturated heterocycles. The molecule has 2 rings (SSSR count). The fourth-order valence-electron chi connectivity index (χ4n) is 1.46. The van der Waals surface area contributed by atoms with Gasteiger partial charge in [-0.3, -0.25) is 4.79 Å². The fraction of sp³-hybridized carbons (Fsp3) is 0. The molecular weight excluding hydrogens is 363 g/mol. The summed E-state index contributed by atoms with van der Waals surface area (Å²) in [5.74, 6) is -0.194. The van der Waals surface area contributed by atoms with E-state index in [2.05, 4.69) is 27.9 Å². The number of hydrogen-bond donors (Lipinski definition) is 2. The zero-order chi connectivity index (χ0) is 13.1. The number of halogens is 2. The molecule has 0 aliphatic rings. The maximum absolute atomic E-state index is 12.0. The maximum atomic E-state index is 12.0. The molecule has 3 nitrogen and oxygen atoms in total. The van der Waals surface area contributed by atoms with Gasteiger partial charge in [0, 0.05) is 14.8 Å². The second-order valence-electron chi connectivity index (χ2n) is 3.70. The van der Waals surface area contributed by atoms with Crippen molar-refractivity contribution in [1.29, 1.82) is 0 Å². The van der Waals surface area contributed by atoms with Crippen LogP contribution in [0.5, 0.6) is 0 Å². The largest absolute Gasteiger partial charge is 0.399 e. The van der Waals surface area contributed by atoms with Gasteiger partial charge in [0.1, 0.15) is 0 Å². The number of anilines is 2. The van der Waals surface area contributed by atoms with Crippen LogP contribution in [0.25, 0.3) is 0 Å². The van der Waals surface area contributed by atoms with Crippen LogP contribution in [0.4, 0.5) is 11.4 Å². The lowest BCUT2D eigenvalue weighted by molar-refractivity contribution is 0.102. The first-order valence-corrected chi connectivity index (χ1v) is 6.64. The Kier molecular flexibility index (Phi) is 4.08. The van der Waals surface area contributed by atoms with Gasteiger partial charge in [0.05, 0.1) is 10.7 Å². The number of carbonyl (C=O) groups excluding carboxylic acids is 1. The van der Waals surface area contributed by atoms with E-state index < -0.39 is 0 Å². The molecule has 0 aliphatic carbocycles. The van der Waals surface area contributed by atoms with Gasteiger partial charge in [-0.25, -0.2) is 0 Å². The van der Waals surface area contributed by atoms with Crippen molar-refractivity contribution >= 4 is 51.5 Å². The van der Waals surface area contributed by atoms with Crippen molar-refractivity contribution in [2.45, 2.75) is 0 Å². The maximum Gasteiger partial charge on any atom is 0.255 e. The number of rotatable bonds is 2. The number of nitrogens with two attached hydrogens (primary N) is 1. The molecule has 0 atom stereocenters. The third kappa shape index (κ3) is 3.14. The molecule has 2 aromatic rings. The van der Waals surface area contributed by atoms with Gasteiger partial charge >= 0.3 is 0 Å². The van der Waals surface area contributed by atoms with Crippen molar-refractivity contribution < 1.29 is 4.79 Å². The average Bonchev–Trinajstić information content (AvgIpc) is 2.32. The monoisotopic (exact) mass is 372 g/mol. The molecule has 0 saturated carbocycles. The van der Waals surface area contributed by atoms with Crippen LogP contribution in [0.1, 0.15) is 10.4 Å². The standard InChI is InChI=1S/C13H10ClIN2O/c14-11-7-10(16)4-5-12(11)17-13(18)8-2-1-3-9(15)6-8/h1-7H,16H2,(H,17,18). The lowest BCUT2D eigenvalue weighted by Crippen LogP contribution is -2.12. The molecule has 2 aromatic carbocycles. The predicted molar refractivity (Wildman–Crippen MR) is 83.0 cm³/mol. The van der Waals surface area contributed by atoms with Gasteiger partial charge in [0.2, 0.25) is 0 Å². The fourth-order valence-corrected chi connectivity index (χ4v) is 2.24. The molecule has 0 aliphatic heterocycles. The van der Waals surface area contributed by atoms with Gasteiger partial charge in [0.15, 0.2) is 0 Å². The van der Waals surface area contributed by atoms with Crippen molar-refractivity contribution in [2.24, 2.45) is 0 Å². The minimum absolute atomic E-state index is 0.194. The van der Waals surface area contributed by atoms with Gasteiger partial charge in [-0.05, 0) is 59.0 Å². The van der Waals surface area contributed by atoms with Crippen LogP contribution in [-0.4, -0.2) is 5.91 Å². The Morgan fingerprint density at radius 2 is 2.00 bits per heavy atom. The topological polar surface area (TPSA) is 55.1 Å². The molecule has 0 radical (unpaired) electrons. The summed E-state index contributed by atoms with van der Waals surface area (Å²) >= 11 is 8.15. The van der Waals surface area contributed by atoms with Gasteiger partial charge in [-0.1, -0.05) is 17.7 Å². The van der Waals surface area contributed by atoms with Crippen molar-refractivity contribution in [2.75, 3.05) is 11.1 Å². The SMILES string of the molecule is Nc1ccc(NC(=O)c2cccc(I)c2)c(Cl)c1. The zero-order valence-corrected chi connectivity index (χ0v) is 12.2. The molecule has 5 heteroatoms. The van der Waals surface area contributed by atoms with E-state index in [9.17, 15) is 4.79 Å². The highest BCUT2D eigenvalue weighted by Gasteiger charge is 2.08. The second-order valence-corrected chi connectivity index (χ2v) is 5.36. The van der Waals surface area contributed by atoms with Crippen LogP contribution >= 0.6 is 34.2 Å². The van der Waals surface area contributed by atoms with Crippen LogP contribution in [-0.2, 0) is 0 Å². The minimum atomic E-state index is -0.194. The number of hydrogen-bond acceptors (Lipinski definition) is 2. The molecular formula is C13H10ClIN2O. The third-order valence-corrected chi connectivity index (χ3v) is 3.31. The van der Waals surface area contributed by atoms with Crippen molar-refractivity contribution in [3.05, 3.63) is 56.6 Å². The lowest BCUT2D eigenvalue weighted by atomic mass is 10.2. The van der Waals surface area contributed by atoms with E-state index in [1.807, 2.05) is 12.1 Å². The summed E-state index contributed by atoms with van der Waals surface area (Å²) in [6, 6.07) is 12.3. The molecule has 92 valence electrons. The predicted octanol–water partition coefficient (Wildman–Crippen LogP) is 3.78. The van der Waals surface area contributed by atoms with Gasteiger partial charge < -0.3 is 11.1 Å². The Hall–Kier alpha value is -1.27. The minimum Gasteiger partial charge on any atom is -0.399 e. The van der Waals surface area contributed by atoms with E-state index in [4.69, 9.17) is 17.3 Å². The van der Waals surface area contributed by atoms with Crippen LogP contribution in [0.2, 0.25) is 5.02 Å². The third-order valence-electron chi connectivity index (χ3n) is 2.33. The summed E-state index contributed by atoms with van der Waals surface area (Å²) in [7, 11) is 0. The Labute approximate surface area is 123 Å². The van der Waals surface area contributed by atoms with Crippen molar-refractivity contribution in [1.82, 2.24) is 0 Å². The summed E-state index contributed by atoms with van der Waals surface area (Å²) in [4.78, 5) is 12.0. The normalized spacial score (nSPS) is 10.1. The highest BCUT2D eigenvalue weighted by Crippen LogP contribution is 2.24.